The van der Waals surface area contributed by atoms with Gasteiger partial charge in [0.15, 0.2) is 11.5 Å². The number of halogens is 1. The number of methoxy groups -OCH3 is 2. The number of anilines is 1. The topological polar surface area (TPSA) is 76.8 Å². The first-order valence-corrected chi connectivity index (χ1v) is 12.1. The molecule has 0 aliphatic carbocycles. The van der Waals surface area contributed by atoms with Crippen LogP contribution in [-0.4, -0.2) is 52.6 Å². The van der Waals surface area contributed by atoms with E-state index in [1.165, 1.54) is 12.1 Å². The van der Waals surface area contributed by atoms with E-state index in [1.54, 1.807) is 32.5 Å². The number of nitrogens with zero attached hydrogens (tertiary/aromatic N) is 5. The molecule has 0 aliphatic heterocycles. The second kappa shape index (κ2) is 10.9. The average Bonchev–Trinajstić information content (AvgIpc) is 3.30. The molecule has 5 rings (SSSR count). The number of imidazole rings is 1. The number of aromatic nitrogens is 4. The van der Waals surface area contributed by atoms with Crippen LogP contribution in [0.3, 0.4) is 0 Å². The maximum absolute atomic E-state index is 13.7. The molecular weight excluding hydrogens is 483 g/mol. The van der Waals surface area contributed by atoms with Gasteiger partial charge in [-0.25, -0.2) is 19.3 Å². The van der Waals surface area contributed by atoms with Gasteiger partial charge < -0.3 is 19.7 Å². The van der Waals surface area contributed by atoms with Crippen molar-refractivity contribution >= 4 is 11.6 Å². The third-order valence-corrected chi connectivity index (χ3v) is 6.10. The Balaban J connectivity index is 1.52. The Labute approximate surface area is 220 Å². The molecule has 0 radical (unpaired) electrons. The maximum Gasteiger partial charge on any atom is 0.223 e. The van der Waals surface area contributed by atoms with Gasteiger partial charge in [0, 0.05) is 31.0 Å². The third kappa shape index (κ3) is 5.28. The zero-order valence-corrected chi connectivity index (χ0v) is 21.8. The van der Waals surface area contributed by atoms with Crippen LogP contribution >= 0.6 is 0 Å². The lowest BCUT2D eigenvalue weighted by Gasteiger charge is -2.11. The highest BCUT2D eigenvalue weighted by molar-refractivity contribution is 5.80. The van der Waals surface area contributed by atoms with Crippen molar-refractivity contribution in [1.82, 2.24) is 24.3 Å². The molecule has 0 spiro atoms. The molecule has 194 valence electrons. The van der Waals surface area contributed by atoms with Crippen molar-refractivity contribution in [2.75, 3.05) is 33.6 Å². The largest absolute Gasteiger partial charge is 0.493 e. The Kier molecular flexibility index (Phi) is 7.19. The fraction of sp³-hybridized carbons (Fsp3) is 0.207. The van der Waals surface area contributed by atoms with Crippen LogP contribution in [0.1, 0.15) is 11.1 Å². The van der Waals surface area contributed by atoms with E-state index < -0.39 is 0 Å². The van der Waals surface area contributed by atoms with E-state index in [0.717, 1.165) is 40.3 Å². The van der Waals surface area contributed by atoms with Crippen LogP contribution in [0.2, 0.25) is 0 Å². The molecule has 0 atom stereocenters. The first kappa shape index (κ1) is 25.2. The number of hydrogen-bond acceptors (Lipinski definition) is 7. The number of fused-ring (bicyclic) bond motifs is 1. The van der Waals surface area contributed by atoms with Gasteiger partial charge in [0.25, 0.3) is 0 Å². The normalized spacial score (nSPS) is 11.2. The highest BCUT2D eigenvalue weighted by atomic mass is 19.1. The standard InChI is InChI=1S/C29H29FN6O2/c1-35(2)18-20-12-14-36-26(16-20)34-27(21-6-8-22(30)9-7-21)28(36)23-11-13-31-29(33-23)32-17-19-5-10-24(37-3)25(15-19)38-4/h5-16H,17-18H2,1-4H3,(H,31,32,33). The van der Waals surface area contributed by atoms with Gasteiger partial charge in [0.1, 0.15) is 11.5 Å². The highest BCUT2D eigenvalue weighted by Crippen LogP contribution is 2.33. The summed E-state index contributed by atoms with van der Waals surface area (Å²) in [6.45, 7) is 1.29. The molecule has 5 aromatic rings. The quantitative estimate of drug-likeness (QED) is 0.288. The molecule has 0 saturated heterocycles. The van der Waals surface area contributed by atoms with E-state index in [4.69, 9.17) is 19.4 Å². The van der Waals surface area contributed by atoms with E-state index in [0.29, 0.717) is 29.7 Å². The average molecular weight is 513 g/mol. The van der Waals surface area contributed by atoms with Crippen LogP contribution in [0.5, 0.6) is 11.5 Å². The molecule has 2 aromatic carbocycles. The minimum absolute atomic E-state index is 0.295. The van der Waals surface area contributed by atoms with Crippen molar-refractivity contribution in [3.05, 3.63) is 90.0 Å². The summed E-state index contributed by atoms with van der Waals surface area (Å²) in [4.78, 5) is 16.3. The predicted octanol–water partition coefficient (Wildman–Crippen LogP) is 5.29. The molecule has 0 bridgehead atoms. The van der Waals surface area contributed by atoms with Crippen LogP contribution in [0.25, 0.3) is 28.3 Å². The second-order valence-corrected chi connectivity index (χ2v) is 9.13. The zero-order chi connectivity index (χ0) is 26.6. The third-order valence-electron chi connectivity index (χ3n) is 6.10. The monoisotopic (exact) mass is 512 g/mol. The first-order chi connectivity index (χ1) is 18.4. The number of ether oxygens (including phenoxy) is 2. The lowest BCUT2D eigenvalue weighted by atomic mass is 10.1. The lowest BCUT2D eigenvalue weighted by molar-refractivity contribution is 0.354. The smallest absolute Gasteiger partial charge is 0.223 e. The van der Waals surface area contributed by atoms with Gasteiger partial charge in [-0.3, -0.25) is 4.40 Å². The van der Waals surface area contributed by atoms with Crippen molar-refractivity contribution in [3.8, 4) is 34.1 Å². The van der Waals surface area contributed by atoms with Gasteiger partial charge in [-0.1, -0.05) is 6.07 Å². The summed E-state index contributed by atoms with van der Waals surface area (Å²) < 4.78 is 26.4. The Morgan fingerprint density at radius 1 is 0.895 bits per heavy atom. The Morgan fingerprint density at radius 2 is 1.68 bits per heavy atom. The number of benzene rings is 2. The van der Waals surface area contributed by atoms with E-state index in [1.807, 2.05) is 49.0 Å². The molecule has 1 N–H and O–H groups in total. The predicted molar refractivity (Wildman–Crippen MR) is 146 cm³/mol. The zero-order valence-electron chi connectivity index (χ0n) is 21.8. The van der Waals surface area contributed by atoms with Gasteiger partial charge in [0.2, 0.25) is 5.95 Å². The number of rotatable bonds is 9. The van der Waals surface area contributed by atoms with Crippen LogP contribution in [0.15, 0.2) is 73.1 Å². The van der Waals surface area contributed by atoms with E-state index in [-0.39, 0.29) is 5.82 Å². The van der Waals surface area contributed by atoms with E-state index >= 15 is 0 Å². The van der Waals surface area contributed by atoms with Crippen molar-refractivity contribution in [2.45, 2.75) is 13.1 Å². The summed E-state index contributed by atoms with van der Waals surface area (Å²) in [7, 11) is 7.28. The van der Waals surface area contributed by atoms with E-state index in [2.05, 4.69) is 27.3 Å². The summed E-state index contributed by atoms with van der Waals surface area (Å²) >= 11 is 0. The Morgan fingerprint density at radius 3 is 2.42 bits per heavy atom. The molecule has 0 saturated carbocycles. The van der Waals surface area contributed by atoms with Crippen molar-refractivity contribution < 1.29 is 13.9 Å². The molecule has 0 amide bonds. The molecule has 0 unspecified atom stereocenters. The molecule has 3 aromatic heterocycles. The minimum Gasteiger partial charge on any atom is -0.493 e. The SMILES string of the molecule is COc1ccc(CNc2nccc(-c3c(-c4ccc(F)cc4)nc4cc(CN(C)C)ccn34)n2)cc1OC. The summed E-state index contributed by atoms with van der Waals surface area (Å²) in [6.07, 6.45) is 3.72. The number of pyridine rings is 1. The fourth-order valence-electron chi connectivity index (χ4n) is 4.35. The van der Waals surface area contributed by atoms with Crippen LogP contribution in [-0.2, 0) is 13.1 Å². The van der Waals surface area contributed by atoms with Crippen LogP contribution < -0.4 is 14.8 Å². The number of nitrogens with one attached hydrogen (secondary N) is 1. The molecular formula is C29H29FN6O2. The van der Waals surface area contributed by atoms with Gasteiger partial charge in [0.05, 0.1) is 31.3 Å². The van der Waals surface area contributed by atoms with Gasteiger partial charge >= 0.3 is 0 Å². The second-order valence-electron chi connectivity index (χ2n) is 9.13. The number of hydrogen-bond donors (Lipinski definition) is 1. The summed E-state index contributed by atoms with van der Waals surface area (Å²) in [6, 6.07) is 18.1. The van der Waals surface area contributed by atoms with Gasteiger partial charge in [-0.2, -0.15) is 0 Å². The summed E-state index contributed by atoms with van der Waals surface area (Å²) in [5.41, 5.74) is 5.95. The molecule has 9 heteroatoms. The first-order valence-electron chi connectivity index (χ1n) is 12.1. The molecule has 3 heterocycles. The minimum atomic E-state index is -0.295. The molecule has 38 heavy (non-hydrogen) atoms. The van der Waals surface area contributed by atoms with Gasteiger partial charge in [-0.05, 0) is 79.8 Å². The van der Waals surface area contributed by atoms with Crippen molar-refractivity contribution in [2.24, 2.45) is 0 Å². The Hall–Kier alpha value is -4.50. The van der Waals surface area contributed by atoms with Crippen LogP contribution in [0, 0.1) is 5.82 Å². The maximum atomic E-state index is 13.7. The molecule has 0 aliphatic rings. The Bertz CT molecular complexity index is 1570. The van der Waals surface area contributed by atoms with E-state index in [9.17, 15) is 4.39 Å². The molecule has 0 fully saturated rings. The lowest BCUT2D eigenvalue weighted by Crippen LogP contribution is -2.10. The van der Waals surface area contributed by atoms with Crippen LogP contribution in [0.4, 0.5) is 10.3 Å². The highest BCUT2D eigenvalue weighted by Gasteiger charge is 2.18. The molecule has 8 nitrogen and oxygen atoms in total. The summed E-state index contributed by atoms with van der Waals surface area (Å²) in [5, 5.41) is 3.29. The fourth-order valence-corrected chi connectivity index (χ4v) is 4.35. The van der Waals surface area contributed by atoms with Crippen molar-refractivity contribution in [3.63, 3.8) is 0 Å². The van der Waals surface area contributed by atoms with Gasteiger partial charge in [-0.15, -0.1) is 0 Å². The van der Waals surface area contributed by atoms with Crippen molar-refractivity contribution in [1.29, 1.82) is 0 Å². The summed E-state index contributed by atoms with van der Waals surface area (Å²) in [5.74, 6) is 1.51.